The molecule has 2 rings (SSSR count). The van der Waals surface area contributed by atoms with Crippen molar-refractivity contribution in [1.82, 2.24) is 4.90 Å². The molecule has 1 heterocycles. The zero-order valence-electron chi connectivity index (χ0n) is 11.2. The van der Waals surface area contributed by atoms with E-state index >= 15 is 0 Å². The summed E-state index contributed by atoms with van der Waals surface area (Å²) in [5, 5.41) is 0. The molecule has 20 heavy (non-hydrogen) atoms. The van der Waals surface area contributed by atoms with Gasteiger partial charge in [-0.25, -0.2) is 9.38 Å². The summed E-state index contributed by atoms with van der Waals surface area (Å²) in [5.74, 6) is 4.78. The van der Waals surface area contributed by atoms with Crippen LogP contribution in [0.15, 0.2) is 23.2 Å². The maximum absolute atomic E-state index is 13.6. The van der Waals surface area contributed by atoms with Gasteiger partial charge in [0.15, 0.2) is 12.0 Å². The Labute approximate surface area is 116 Å². The van der Waals surface area contributed by atoms with E-state index in [1.807, 2.05) is 0 Å². The molecule has 1 atom stereocenters. The fourth-order valence-corrected chi connectivity index (χ4v) is 1.80. The Kier molecular flexibility index (Phi) is 4.01. The van der Waals surface area contributed by atoms with Gasteiger partial charge in [-0.3, -0.25) is 9.69 Å². The van der Waals surface area contributed by atoms with E-state index in [1.54, 1.807) is 7.05 Å². The maximum atomic E-state index is 13.6. The zero-order chi connectivity index (χ0) is 14.7. The Morgan fingerprint density at radius 1 is 1.55 bits per heavy atom. The van der Waals surface area contributed by atoms with Crippen LogP contribution in [-0.2, 0) is 9.53 Å². The van der Waals surface area contributed by atoms with Gasteiger partial charge < -0.3 is 10.5 Å². The average Bonchev–Trinajstić information content (AvgIpc) is 2.69. The number of nitrogens with zero attached hydrogens (tertiary/aromatic N) is 2. The molecule has 0 saturated heterocycles. The number of ether oxygens (including phenoxy) is 1. The van der Waals surface area contributed by atoms with Gasteiger partial charge in [0, 0.05) is 14.2 Å². The van der Waals surface area contributed by atoms with Crippen molar-refractivity contribution in [1.29, 1.82) is 0 Å². The van der Waals surface area contributed by atoms with Crippen LogP contribution in [0.1, 0.15) is 17.2 Å². The second-order valence-electron chi connectivity index (χ2n) is 4.26. The number of nitrogens with two attached hydrogens (primary N) is 1. The van der Waals surface area contributed by atoms with Crippen LogP contribution >= 0.6 is 0 Å². The number of carbonyl (C=O) groups excluding carboxylic acids is 1. The highest BCUT2D eigenvalue weighted by atomic mass is 19.1. The van der Waals surface area contributed by atoms with Crippen molar-refractivity contribution in [2.24, 2.45) is 10.7 Å². The molecule has 0 saturated carbocycles. The van der Waals surface area contributed by atoms with Gasteiger partial charge in [0.1, 0.15) is 12.4 Å². The van der Waals surface area contributed by atoms with Crippen molar-refractivity contribution in [3.63, 3.8) is 0 Å². The van der Waals surface area contributed by atoms with Crippen LogP contribution in [0.3, 0.4) is 0 Å². The fraction of sp³-hybridized carbons (Fsp3) is 0.286. The molecule has 0 radical (unpaired) electrons. The standard InChI is InChI=1S/C14H14FN3O2/c1-18-13(19)12(17-14(18)16)10-5-6-11(15)9(8-10)4-3-7-20-2/h5-6,8,12H,7H2,1-2H3,(H2,16,17)/t12-/m1/s1. The Morgan fingerprint density at radius 3 is 2.90 bits per heavy atom. The minimum Gasteiger partial charge on any atom is -0.372 e. The van der Waals surface area contributed by atoms with E-state index in [2.05, 4.69) is 16.8 Å². The molecule has 0 spiro atoms. The predicted octanol–water partition coefficient (Wildman–Crippen LogP) is 0.651. The first-order valence-corrected chi connectivity index (χ1v) is 5.92. The van der Waals surface area contributed by atoms with Crippen LogP contribution in [0.2, 0.25) is 0 Å². The number of aliphatic imine (C=N–C) groups is 1. The summed E-state index contributed by atoms with van der Waals surface area (Å²) >= 11 is 0. The first kappa shape index (κ1) is 14.0. The van der Waals surface area contributed by atoms with Crippen molar-refractivity contribution < 1.29 is 13.9 Å². The molecule has 0 aromatic heterocycles. The lowest BCUT2D eigenvalue weighted by molar-refractivity contribution is -0.126. The number of guanidine groups is 1. The molecule has 0 bridgehead atoms. The molecule has 1 aliphatic rings. The third-order valence-corrected chi connectivity index (χ3v) is 2.92. The van der Waals surface area contributed by atoms with Gasteiger partial charge in [-0.05, 0) is 17.7 Å². The molecule has 1 aliphatic heterocycles. The Morgan fingerprint density at radius 2 is 2.30 bits per heavy atom. The first-order chi connectivity index (χ1) is 9.54. The van der Waals surface area contributed by atoms with Crippen LogP contribution in [-0.4, -0.2) is 37.5 Å². The lowest BCUT2D eigenvalue weighted by Gasteiger charge is -2.10. The molecule has 1 aromatic carbocycles. The highest BCUT2D eigenvalue weighted by molar-refractivity contribution is 6.04. The number of hydrogen-bond acceptors (Lipinski definition) is 4. The van der Waals surface area contributed by atoms with E-state index in [9.17, 15) is 9.18 Å². The van der Waals surface area contributed by atoms with Crippen LogP contribution in [0, 0.1) is 17.7 Å². The molecule has 5 nitrogen and oxygen atoms in total. The van der Waals surface area contributed by atoms with Gasteiger partial charge in [-0.15, -0.1) is 0 Å². The van der Waals surface area contributed by atoms with Gasteiger partial charge in [0.25, 0.3) is 5.91 Å². The van der Waals surface area contributed by atoms with Gasteiger partial charge in [-0.1, -0.05) is 17.9 Å². The second kappa shape index (κ2) is 5.72. The second-order valence-corrected chi connectivity index (χ2v) is 4.26. The molecular weight excluding hydrogens is 261 g/mol. The minimum atomic E-state index is -0.733. The van der Waals surface area contributed by atoms with Crippen molar-refractivity contribution >= 4 is 11.9 Å². The van der Waals surface area contributed by atoms with E-state index in [-0.39, 0.29) is 24.0 Å². The normalized spacial score (nSPS) is 17.8. The number of rotatable bonds is 2. The topological polar surface area (TPSA) is 67.9 Å². The van der Waals surface area contributed by atoms with Crippen molar-refractivity contribution in [2.45, 2.75) is 6.04 Å². The number of benzene rings is 1. The van der Waals surface area contributed by atoms with Gasteiger partial charge in [0.2, 0.25) is 0 Å². The zero-order valence-corrected chi connectivity index (χ0v) is 11.2. The highest BCUT2D eigenvalue weighted by Gasteiger charge is 2.31. The summed E-state index contributed by atoms with van der Waals surface area (Å²) < 4.78 is 18.4. The minimum absolute atomic E-state index is 0.149. The smallest absolute Gasteiger partial charge is 0.258 e. The fourth-order valence-electron chi connectivity index (χ4n) is 1.80. The third-order valence-electron chi connectivity index (χ3n) is 2.92. The summed E-state index contributed by atoms with van der Waals surface area (Å²) in [4.78, 5) is 17.3. The monoisotopic (exact) mass is 275 g/mol. The van der Waals surface area contributed by atoms with Crippen molar-refractivity contribution in [2.75, 3.05) is 20.8 Å². The van der Waals surface area contributed by atoms with Crippen LogP contribution in [0.25, 0.3) is 0 Å². The quantitative estimate of drug-likeness (QED) is 0.806. The van der Waals surface area contributed by atoms with Crippen LogP contribution in [0.4, 0.5) is 4.39 Å². The number of hydrogen-bond donors (Lipinski definition) is 1. The van der Waals surface area contributed by atoms with Gasteiger partial charge in [-0.2, -0.15) is 0 Å². The summed E-state index contributed by atoms with van der Waals surface area (Å²) in [6, 6.07) is 3.55. The molecular formula is C14H14FN3O2. The van der Waals surface area contributed by atoms with Crippen molar-refractivity contribution in [3.05, 3.63) is 35.1 Å². The lowest BCUT2D eigenvalue weighted by Crippen LogP contribution is -2.34. The number of methoxy groups -OCH3 is 1. The summed E-state index contributed by atoms with van der Waals surface area (Å²) in [5.41, 5.74) is 6.36. The first-order valence-electron chi connectivity index (χ1n) is 5.92. The molecule has 104 valence electrons. The molecule has 0 unspecified atom stereocenters. The van der Waals surface area contributed by atoms with Gasteiger partial charge in [0.05, 0.1) is 5.56 Å². The largest absolute Gasteiger partial charge is 0.372 e. The van der Waals surface area contributed by atoms with Gasteiger partial charge >= 0.3 is 0 Å². The number of halogens is 1. The average molecular weight is 275 g/mol. The number of carbonyl (C=O) groups is 1. The Balaban J connectivity index is 2.34. The van der Waals surface area contributed by atoms with E-state index < -0.39 is 11.9 Å². The lowest BCUT2D eigenvalue weighted by atomic mass is 10.0. The number of amides is 1. The maximum Gasteiger partial charge on any atom is 0.258 e. The summed E-state index contributed by atoms with van der Waals surface area (Å²) in [6.07, 6.45) is 0. The highest BCUT2D eigenvalue weighted by Crippen LogP contribution is 2.25. The molecule has 6 heteroatoms. The molecule has 2 N–H and O–H groups in total. The summed E-state index contributed by atoms with van der Waals surface area (Å²) in [7, 11) is 3.05. The molecule has 0 aliphatic carbocycles. The molecule has 0 fully saturated rings. The predicted molar refractivity (Wildman–Crippen MR) is 72.3 cm³/mol. The SMILES string of the molecule is COCC#Cc1cc([C@H]2N=C(N)N(C)C2=O)ccc1F. The van der Waals surface area contributed by atoms with E-state index in [0.717, 1.165) is 0 Å². The Bertz CT molecular complexity index is 631. The summed E-state index contributed by atoms with van der Waals surface area (Å²) in [6.45, 7) is 0.208. The van der Waals surface area contributed by atoms with E-state index in [4.69, 9.17) is 10.5 Å². The van der Waals surface area contributed by atoms with Crippen LogP contribution in [0.5, 0.6) is 0 Å². The third kappa shape index (κ3) is 2.63. The molecule has 1 aromatic rings. The van der Waals surface area contributed by atoms with E-state index in [1.165, 1.54) is 30.2 Å². The van der Waals surface area contributed by atoms with Crippen LogP contribution < -0.4 is 5.73 Å². The molecule has 1 amide bonds. The number of likely N-dealkylation sites (N-methyl/N-ethyl adjacent to an activating group) is 1. The Hall–Kier alpha value is -2.39. The van der Waals surface area contributed by atoms with E-state index in [0.29, 0.717) is 5.56 Å². The van der Waals surface area contributed by atoms with Crippen molar-refractivity contribution in [3.8, 4) is 11.8 Å².